The molecule has 5 heavy (non-hydrogen) atoms. The second kappa shape index (κ2) is 15.9. The van der Waals surface area contributed by atoms with Crippen LogP contribution in [0.4, 0.5) is 0 Å². The Balaban J connectivity index is -0.00000000333. The summed E-state index contributed by atoms with van der Waals surface area (Å²) in [5.41, 5.74) is 0. The van der Waals surface area contributed by atoms with Crippen LogP contribution in [0.25, 0.3) is 0 Å². The van der Waals surface area contributed by atoms with E-state index in [1.807, 2.05) is 0 Å². The molecule has 1 unspecified atom stereocenters. The Morgan fingerprint density at radius 1 is 1.80 bits per heavy atom. The molecule has 0 heterocycles. The standard InChI is InChI=1S/K.Na.HO2P.2H/c;;1-3-2;;/h;;3H;;/q2*+1;;2*-1/p+1. The van der Waals surface area contributed by atoms with Crippen LogP contribution in [0.3, 0.4) is 0 Å². The monoisotopic (exact) mass is 129 g/mol. The van der Waals surface area contributed by atoms with Gasteiger partial charge in [0.25, 0.3) is 0 Å². The molecule has 0 spiro atoms. The van der Waals surface area contributed by atoms with Gasteiger partial charge in [0.1, 0.15) is 0 Å². The molecule has 0 aliphatic heterocycles. The average Bonchev–Trinajstić information content (AvgIpc) is 0.918. The second-order valence-electron chi connectivity index (χ2n) is 0.0913. The van der Waals surface area contributed by atoms with E-state index < -0.39 is 8.69 Å². The molecule has 0 aromatic rings. The van der Waals surface area contributed by atoms with Crippen molar-refractivity contribution >= 4 is 8.69 Å². The van der Waals surface area contributed by atoms with E-state index in [2.05, 4.69) is 0 Å². The van der Waals surface area contributed by atoms with Gasteiger partial charge >= 0.3 is 89.6 Å². The first-order chi connectivity index (χ1) is 1.41. The Morgan fingerprint density at radius 2 is 1.80 bits per heavy atom. The first-order valence-corrected chi connectivity index (χ1v) is 1.28. The third kappa shape index (κ3) is 20.3. The quantitative estimate of drug-likeness (QED) is 0.261. The van der Waals surface area contributed by atoms with Crippen LogP contribution < -0.4 is 80.9 Å². The van der Waals surface area contributed by atoms with Crippen LogP contribution in [0.1, 0.15) is 2.85 Å². The third-order valence-corrected chi connectivity index (χ3v) is 0. The molecule has 0 saturated heterocycles. The van der Waals surface area contributed by atoms with E-state index in [0.29, 0.717) is 0 Å². The first kappa shape index (κ1) is 15.6. The summed E-state index contributed by atoms with van der Waals surface area (Å²) < 4.78 is 8.51. The van der Waals surface area contributed by atoms with Crippen LogP contribution in [-0.4, -0.2) is 4.89 Å². The van der Waals surface area contributed by atoms with Gasteiger partial charge in [-0.05, 0) is 4.57 Å². The van der Waals surface area contributed by atoms with Crippen molar-refractivity contribution in [2.24, 2.45) is 0 Å². The fraction of sp³-hybridized carbons (Fsp3) is 0. The van der Waals surface area contributed by atoms with E-state index in [1.165, 1.54) is 0 Å². The normalized spacial score (nSPS) is 4.20. The Hall–Kier alpha value is 2.70. The molecule has 0 aliphatic rings. The van der Waals surface area contributed by atoms with E-state index in [4.69, 9.17) is 9.46 Å². The fourth-order valence-electron chi connectivity index (χ4n) is 0. The summed E-state index contributed by atoms with van der Waals surface area (Å²) in [6, 6.07) is 0. The maximum Gasteiger partial charge on any atom is 1.00 e. The number of hydrogen-bond donors (Lipinski definition) is 1. The molecule has 0 aromatic heterocycles. The topological polar surface area (TPSA) is 37.3 Å². The SMILES string of the molecule is O=[PH+]O.[H-].[H-].[K+].[Na+]. The molecule has 0 rings (SSSR count). The van der Waals surface area contributed by atoms with Crippen molar-refractivity contribution in [3.05, 3.63) is 0 Å². The summed E-state index contributed by atoms with van der Waals surface area (Å²) in [4.78, 5) is 7.04. The van der Waals surface area contributed by atoms with Gasteiger partial charge in [-0.1, -0.05) is 0 Å². The van der Waals surface area contributed by atoms with Crippen molar-refractivity contribution in [2.45, 2.75) is 0 Å². The van der Waals surface area contributed by atoms with Crippen LogP contribution >= 0.6 is 8.69 Å². The predicted molar refractivity (Wildman–Crippen MR) is 13.4 cm³/mol. The van der Waals surface area contributed by atoms with Gasteiger partial charge in [0.2, 0.25) is 0 Å². The van der Waals surface area contributed by atoms with E-state index >= 15 is 0 Å². The summed E-state index contributed by atoms with van der Waals surface area (Å²) in [6.07, 6.45) is 0. The Kier molecular flexibility index (Phi) is 49.8. The van der Waals surface area contributed by atoms with Crippen LogP contribution in [0.5, 0.6) is 0 Å². The zero-order valence-corrected chi connectivity index (χ0v) is 9.48. The number of rotatable bonds is 0. The van der Waals surface area contributed by atoms with Gasteiger partial charge in [-0.25, -0.2) is 0 Å². The molecule has 0 amide bonds. The minimum Gasteiger partial charge on any atom is -1.00 e. The molecular weight excluding hydrogens is 125 g/mol. The Morgan fingerprint density at radius 3 is 1.80 bits per heavy atom. The summed E-state index contributed by atoms with van der Waals surface area (Å²) >= 11 is 0. The zero-order valence-electron chi connectivity index (χ0n) is 5.36. The van der Waals surface area contributed by atoms with Gasteiger partial charge < -0.3 is 2.85 Å². The third-order valence-electron chi connectivity index (χ3n) is 0. The van der Waals surface area contributed by atoms with Crippen molar-refractivity contribution in [3.8, 4) is 0 Å². The molecule has 1 N–H and O–H groups in total. The Bertz CT molecular complexity index is 23.2. The molecule has 0 fully saturated rings. The number of hydrogen-bond acceptors (Lipinski definition) is 1. The summed E-state index contributed by atoms with van der Waals surface area (Å²) in [7, 11) is -1.17. The average molecular weight is 129 g/mol. The molecule has 0 saturated carbocycles. The van der Waals surface area contributed by atoms with Crippen molar-refractivity contribution in [3.63, 3.8) is 0 Å². The molecule has 5 heteroatoms. The minimum atomic E-state index is -1.17. The summed E-state index contributed by atoms with van der Waals surface area (Å²) in [6.45, 7) is 0. The van der Waals surface area contributed by atoms with E-state index in [1.54, 1.807) is 0 Å². The van der Waals surface area contributed by atoms with Crippen molar-refractivity contribution in [2.75, 3.05) is 0 Å². The van der Waals surface area contributed by atoms with Crippen molar-refractivity contribution in [1.82, 2.24) is 0 Å². The van der Waals surface area contributed by atoms with Crippen LogP contribution in [0.15, 0.2) is 0 Å². The molecule has 2 nitrogen and oxygen atoms in total. The van der Waals surface area contributed by atoms with Gasteiger partial charge in [0.05, 0.1) is 0 Å². The maximum atomic E-state index is 8.51. The van der Waals surface area contributed by atoms with E-state index in [9.17, 15) is 0 Å². The summed E-state index contributed by atoms with van der Waals surface area (Å²) in [5, 5.41) is 0. The minimum absolute atomic E-state index is 0. The van der Waals surface area contributed by atoms with Crippen molar-refractivity contribution in [1.29, 1.82) is 0 Å². The molecule has 0 aliphatic carbocycles. The van der Waals surface area contributed by atoms with Gasteiger partial charge in [0.15, 0.2) is 0 Å². The van der Waals surface area contributed by atoms with Gasteiger partial charge in [0, 0.05) is 0 Å². The summed E-state index contributed by atoms with van der Waals surface area (Å²) in [5.74, 6) is 0. The van der Waals surface area contributed by atoms with Crippen LogP contribution in [0.2, 0.25) is 0 Å². The molecule has 0 bridgehead atoms. The van der Waals surface area contributed by atoms with Gasteiger partial charge in [-0.2, -0.15) is 4.89 Å². The van der Waals surface area contributed by atoms with Gasteiger partial charge in [-0.3, -0.25) is 0 Å². The first-order valence-electron chi connectivity index (χ1n) is 0.428. The Labute approximate surface area is 99.7 Å². The maximum absolute atomic E-state index is 8.51. The van der Waals surface area contributed by atoms with Crippen LogP contribution in [0, 0.1) is 0 Å². The largest absolute Gasteiger partial charge is 1.00 e. The molecule has 22 valence electrons. The zero-order chi connectivity index (χ0) is 2.71. The molecule has 0 aromatic carbocycles. The smallest absolute Gasteiger partial charge is 1.00 e. The van der Waals surface area contributed by atoms with Crippen LogP contribution in [-0.2, 0) is 4.57 Å². The fourth-order valence-corrected chi connectivity index (χ4v) is 0. The van der Waals surface area contributed by atoms with Gasteiger partial charge in [-0.15, -0.1) is 0 Å². The second-order valence-corrected chi connectivity index (χ2v) is 0.274. The van der Waals surface area contributed by atoms with Crippen molar-refractivity contribution < 1.29 is 93.3 Å². The van der Waals surface area contributed by atoms with E-state index in [-0.39, 0.29) is 83.8 Å². The molecule has 1 atom stereocenters. The predicted octanol–water partition coefficient (Wildman–Crippen LogP) is -5.85. The molecular formula is H4KNaO2P+. The van der Waals surface area contributed by atoms with E-state index in [0.717, 1.165) is 0 Å². The molecule has 0 radical (unpaired) electrons.